The second-order valence-electron chi connectivity index (χ2n) is 9.34. The molecule has 0 unspecified atom stereocenters. The van der Waals surface area contributed by atoms with Gasteiger partial charge in [-0.1, -0.05) is 11.6 Å². The topological polar surface area (TPSA) is 126 Å². The molecule has 11 nitrogen and oxygen atoms in total. The third kappa shape index (κ3) is 5.28. The van der Waals surface area contributed by atoms with Crippen LogP contribution in [0.5, 0.6) is 0 Å². The highest BCUT2D eigenvalue weighted by Crippen LogP contribution is 2.41. The first-order valence-electron chi connectivity index (χ1n) is 12.0. The lowest BCUT2D eigenvalue weighted by atomic mass is 10.1. The number of halogens is 4. The molecule has 0 spiro atoms. The molecule has 1 aromatic carbocycles. The van der Waals surface area contributed by atoms with E-state index in [2.05, 4.69) is 15.4 Å². The summed E-state index contributed by atoms with van der Waals surface area (Å²) < 4.78 is 43.5. The smallest absolute Gasteiger partial charge is 0.435 e. The number of nitrogens with zero attached hydrogens (tertiary/aromatic N) is 6. The zero-order chi connectivity index (χ0) is 28.1. The van der Waals surface area contributed by atoms with E-state index in [0.717, 1.165) is 12.8 Å². The minimum atomic E-state index is -4.68. The summed E-state index contributed by atoms with van der Waals surface area (Å²) in [5, 5.41) is 15.5. The molecule has 3 amide bonds. The summed E-state index contributed by atoms with van der Waals surface area (Å²) >= 11 is 6.32. The fraction of sp³-hybridized carbons (Fsp3) is 0.375. The molecular weight excluding hydrogens is 543 g/mol. The number of imidazole rings is 1. The van der Waals surface area contributed by atoms with Gasteiger partial charge < -0.3 is 24.8 Å². The van der Waals surface area contributed by atoms with Crippen molar-refractivity contribution >= 4 is 35.2 Å². The van der Waals surface area contributed by atoms with Crippen molar-refractivity contribution in [1.29, 1.82) is 0 Å². The van der Waals surface area contributed by atoms with Crippen molar-refractivity contribution in [3.8, 4) is 11.3 Å². The zero-order valence-electron chi connectivity index (χ0n) is 20.6. The number of piperazine rings is 1. The number of benzene rings is 1. The van der Waals surface area contributed by atoms with Crippen molar-refractivity contribution in [2.75, 3.05) is 31.5 Å². The number of carbonyl (C=O) groups excluding carboxylic acids is 2. The molecule has 1 saturated heterocycles. The van der Waals surface area contributed by atoms with E-state index in [-0.39, 0.29) is 71.5 Å². The van der Waals surface area contributed by atoms with Gasteiger partial charge in [0.25, 0.3) is 11.8 Å². The third-order valence-electron chi connectivity index (χ3n) is 6.68. The van der Waals surface area contributed by atoms with E-state index >= 15 is 0 Å². The second kappa shape index (κ2) is 9.91. The summed E-state index contributed by atoms with van der Waals surface area (Å²) in [4.78, 5) is 43.6. The number of hydrogen-bond acceptors (Lipinski definition) is 5. The minimum Gasteiger partial charge on any atom is -0.465 e. The van der Waals surface area contributed by atoms with E-state index in [0.29, 0.717) is 0 Å². The molecular formula is C24H23ClF3N7O4. The first-order valence-corrected chi connectivity index (χ1v) is 12.4. The fourth-order valence-electron chi connectivity index (χ4n) is 4.41. The van der Waals surface area contributed by atoms with E-state index in [1.165, 1.54) is 56.7 Å². The maximum Gasteiger partial charge on any atom is 0.435 e. The van der Waals surface area contributed by atoms with Crippen LogP contribution >= 0.6 is 11.6 Å². The first kappa shape index (κ1) is 26.5. The van der Waals surface area contributed by atoms with Gasteiger partial charge in [0.05, 0.1) is 34.1 Å². The molecule has 0 atom stereocenters. The zero-order valence-corrected chi connectivity index (χ0v) is 21.3. The molecule has 15 heteroatoms. The maximum atomic E-state index is 13.7. The predicted molar refractivity (Wildman–Crippen MR) is 133 cm³/mol. The second-order valence-corrected chi connectivity index (χ2v) is 9.74. The summed E-state index contributed by atoms with van der Waals surface area (Å²) in [7, 11) is 1.44. The average molecular weight is 566 g/mol. The van der Waals surface area contributed by atoms with Gasteiger partial charge in [-0.25, -0.2) is 9.78 Å². The number of amides is 3. The standard InChI is InChI=1S/C24H23ClF3N7O4/c1-32-18(16-12-35(14-3-4-14)31-19(16)24(26,27)28)11-29-20(32)21(36)30-13-2-5-15(17(25)10-13)22(37)33-6-8-34(9-7-33)23(38)39/h2,5,10-12,14H,3-4,6-9H2,1H3,(H,30,36)(H,38,39). The van der Waals surface area contributed by atoms with Crippen molar-refractivity contribution in [3.05, 3.63) is 52.7 Å². The summed E-state index contributed by atoms with van der Waals surface area (Å²) in [5.74, 6) is -1.19. The molecule has 3 heterocycles. The lowest BCUT2D eigenvalue weighted by molar-refractivity contribution is -0.141. The Labute approximate surface area is 224 Å². The van der Waals surface area contributed by atoms with E-state index in [4.69, 9.17) is 16.7 Å². The maximum absolute atomic E-state index is 13.7. The molecule has 206 valence electrons. The van der Waals surface area contributed by atoms with Crippen molar-refractivity contribution in [1.82, 2.24) is 29.1 Å². The highest BCUT2D eigenvalue weighted by Gasteiger charge is 2.40. The summed E-state index contributed by atoms with van der Waals surface area (Å²) in [6.07, 6.45) is -1.69. The molecule has 0 bridgehead atoms. The molecule has 1 aliphatic heterocycles. The lowest BCUT2D eigenvalue weighted by Gasteiger charge is -2.33. The Hall–Kier alpha value is -4.07. The van der Waals surface area contributed by atoms with Crippen LogP contribution in [-0.2, 0) is 13.2 Å². The van der Waals surface area contributed by atoms with Gasteiger partial charge in [0.15, 0.2) is 11.5 Å². The molecule has 3 aromatic rings. The van der Waals surface area contributed by atoms with Crippen LogP contribution < -0.4 is 5.32 Å². The average Bonchev–Trinajstić information content (AvgIpc) is 3.51. The SMILES string of the molecule is Cn1c(-c2cn(C3CC3)nc2C(F)(F)F)cnc1C(=O)Nc1ccc(C(=O)N2CCN(C(=O)O)CC2)c(Cl)c1. The quantitative estimate of drug-likeness (QED) is 0.482. The van der Waals surface area contributed by atoms with Crippen molar-refractivity contribution in [3.63, 3.8) is 0 Å². The molecule has 1 saturated carbocycles. The summed E-state index contributed by atoms with van der Waals surface area (Å²) in [5.41, 5.74) is -0.690. The highest BCUT2D eigenvalue weighted by atomic mass is 35.5. The van der Waals surface area contributed by atoms with Crippen LogP contribution in [0.25, 0.3) is 11.3 Å². The van der Waals surface area contributed by atoms with Crippen LogP contribution in [0.15, 0.2) is 30.6 Å². The number of hydrogen-bond donors (Lipinski definition) is 2. The number of aromatic nitrogens is 4. The molecule has 2 fully saturated rings. The van der Waals surface area contributed by atoms with Crippen molar-refractivity contribution < 1.29 is 32.7 Å². The molecule has 1 aliphatic carbocycles. The minimum absolute atomic E-state index is 0.0650. The Morgan fingerprint density at radius 2 is 1.77 bits per heavy atom. The van der Waals surface area contributed by atoms with Crippen LogP contribution in [-0.4, -0.2) is 78.3 Å². The lowest BCUT2D eigenvalue weighted by Crippen LogP contribution is -2.50. The summed E-state index contributed by atoms with van der Waals surface area (Å²) in [6.45, 7) is 0.808. The number of rotatable bonds is 5. The van der Waals surface area contributed by atoms with E-state index in [1.54, 1.807) is 0 Å². The van der Waals surface area contributed by atoms with Crippen LogP contribution in [0.3, 0.4) is 0 Å². The molecule has 2 N–H and O–H groups in total. The Morgan fingerprint density at radius 1 is 1.10 bits per heavy atom. The van der Waals surface area contributed by atoms with Gasteiger partial charge in [0, 0.05) is 45.1 Å². The number of anilines is 1. The fourth-order valence-corrected chi connectivity index (χ4v) is 4.67. The monoisotopic (exact) mass is 565 g/mol. The highest BCUT2D eigenvalue weighted by molar-refractivity contribution is 6.34. The van der Waals surface area contributed by atoms with Crippen LogP contribution in [0.4, 0.5) is 23.7 Å². The molecule has 0 radical (unpaired) electrons. The molecule has 2 aromatic heterocycles. The number of alkyl halides is 3. The van der Waals surface area contributed by atoms with Crippen LogP contribution in [0, 0.1) is 0 Å². The van der Waals surface area contributed by atoms with E-state index < -0.39 is 23.9 Å². The van der Waals surface area contributed by atoms with Gasteiger partial charge >= 0.3 is 12.3 Å². The van der Waals surface area contributed by atoms with Gasteiger partial charge in [-0.2, -0.15) is 18.3 Å². The van der Waals surface area contributed by atoms with Crippen molar-refractivity contribution in [2.45, 2.75) is 25.1 Å². The Bertz CT molecular complexity index is 1460. The van der Waals surface area contributed by atoms with Gasteiger partial charge in [0.1, 0.15) is 0 Å². The summed E-state index contributed by atoms with van der Waals surface area (Å²) in [6, 6.07) is 4.22. The Balaban J connectivity index is 1.31. The van der Waals surface area contributed by atoms with Crippen molar-refractivity contribution in [2.24, 2.45) is 7.05 Å². The molecule has 39 heavy (non-hydrogen) atoms. The number of carbonyl (C=O) groups is 3. The number of nitrogens with one attached hydrogen (secondary N) is 1. The molecule has 2 aliphatic rings. The largest absolute Gasteiger partial charge is 0.465 e. The van der Waals surface area contributed by atoms with E-state index in [9.17, 15) is 27.6 Å². The van der Waals surface area contributed by atoms with E-state index in [1.807, 2.05) is 0 Å². The van der Waals surface area contributed by atoms with Gasteiger partial charge in [-0.05, 0) is 31.0 Å². The predicted octanol–water partition coefficient (Wildman–Crippen LogP) is 3.98. The van der Waals surface area contributed by atoms with Crippen LogP contribution in [0.2, 0.25) is 5.02 Å². The Kier molecular flexibility index (Phi) is 6.74. The van der Waals surface area contributed by atoms with Gasteiger partial charge in [-0.15, -0.1) is 0 Å². The van der Waals surface area contributed by atoms with Crippen LogP contribution in [0.1, 0.15) is 45.6 Å². The first-order chi connectivity index (χ1) is 18.4. The number of carboxylic acid groups (broad SMARTS) is 1. The van der Waals surface area contributed by atoms with Gasteiger partial charge in [0.2, 0.25) is 0 Å². The van der Waals surface area contributed by atoms with Gasteiger partial charge in [-0.3, -0.25) is 14.3 Å². The third-order valence-corrected chi connectivity index (χ3v) is 7.00. The Morgan fingerprint density at radius 3 is 2.36 bits per heavy atom. The normalized spacial score (nSPS) is 15.9. The molecule has 5 rings (SSSR count).